The Bertz CT molecular complexity index is 1090. The molecule has 1 aromatic heterocycles. The first-order valence-corrected chi connectivity index (χ1v) is 10.7. The van der Waals surface area contributed by atoms with E-state index in [2.05, 4.69) is 9.47 Å². The summed E-state index contributed by atoms with van der Waals surface area (Å²) in [5, 5.41) is 9.39. The molecule has 1 N–H and O–H groups in total. The minimum Gasteiger partial charge on any atom is -0.481 e. The predicted molar refractivity (Wildman–Crippen MR) is 115 cm³/mol. The van der Waals surface area contributed by atoms with Crippen molar-refractivity contribution in [3.05, 3.63) is 65.5 Å². The molecule has 0 aliphatic carbocycles. The Morgan fingerprint density at radius 3 is 2.50 bits per heavy atom. The van der Waals surface area contributed by atoms with Gasteiger partial charge in [0.25, 0.3) is 0 Å². The van der Waals surface area contributed by atoms with Crippen molar-refractivity contribution in [3.63, 3.8) is 0 Å². The van der Waals surface area contributed by atoms with Gasteiger partial charge in [0.2, 0.25) is 0 Å². The van der Waals surface area contributed by atoms with Crippen LogP contribution in [-0.4, -0.2) is 38.6 Å². The van der Waals surface area contributed by atoms with Crippen molar-refractivity contribution in [2.45, 2.75) is 32.0 Å². The Balaban J connectivity index is 1.50. The maximum absolute atomic E-state index is 12.8. The first-order valence-electron chi connectivity index (χ1n) is 10.7. The van der Waals surface area contributed by atoms with Crippen molar-refractivity contribution in [3.8, 4) is 0 Å². The monoisotopic (exact) mass is 445 g/mol. The van der Waals surface area contributed by atoms with Crippen LogP contribution in [-0.2, 0) is 31.0 Å². The number of imidazole rings is 1. The lowest BCUT2D eigenvalue weighted by atomic mass is 9.81. The first-order chi connectivity index (χ1) is 15.2. The van der Waals surface area contributed by atoms with E-state index in [1.54, 1.807) is 0 Å². The molecule has 0 bridgehead atoms. The number of hydrogen-bond acceptors (Lipinski definition) is 3. The van der Waals surface area contributed by atoms with Gasteiger partial charge in [0.15, 0.2) is 0 Å². The van der Waals surface area contributed by atoms with E-state index in [4.69, 9.17) is 4.98 Å². The van der Waals surface area contributed by atoms with Crippen LogP contribution in [0.25, 0.3) is 11.0 Å². The van der Waals surface area contributed by atoms with Gasteiger partial charge in [-0.25, -0.2) is 4.98 Å². The SMILES string of the molecule is Cn1c(C[C@H]2CN(Cc3ccc(C(F)(F)F)cc3)CC[C@H]2CC(=O)O)nc2ccccc21. The molecule has 0 radical (unpaired) electrons. The number of piperidine rings is 1. The molecule has 1 saturated heterocycles. The summed E-state index contributed by atoms with van der Waals surface area (Å²) in [5.74, 6) is 0.255. The van der Waals surface area contributed by atoms with E-state index < -0.39 is 17.7 Å². The number of benzene rings is 2. The largest absolute Gasteiger partial charge is 0.481 e. The third kappa shape index (κ3) is 4.96. The average Bonchev–Trinajstić information content (AvgIpc) is 3.05. The van der Waals surface area contributed by atoms with Crippen LogP contribution >= 0.6 is 0 Å². The van der Waals surface area contributed by atoms with Crippen LogP contribution in [0.1, 0.15) is 29.8 Å². The van der Waals surface area contributed by atoms with Crippen LogP contribution in [0, 0.1) is 11.8 Å². The van der Waals surface area contributed by atoms with E-state index in [1.165, 1.54) is 12.1 Å². The fourth-order valence-electron chi connectivity index (χ4n) is 4.69. The number of aromatic nitrogens is 2. The van der Waals surface area contributed by atoms with Crippen LogP contribution < -0.4 is 0 Å². The Kier molecular flexibility index (Phi) is 6.24. The zero-order valence-corrected chi connectivity index (χ0v) is 17.8. The number of alkyl halides is 3. The molecule has 0 spiro atoms. The van der Waals surface area contributed by atoms with Gasteiger partial charge in [0.1, 0.15) is 5.82 Å². The molecule has 32 heavy (non-hydrogen) atoms. The van der Waals surface area contributed by atoms with Crippen LogP contribution in [0.15, 0.2) is 48.5 Å². The lowest BCUT2D eigenvalue weighted by molar-refractivity contribution is -0.139. The minimum absolute atomic E-state index is 0.0381. The Labute approximate surface area is 184 Å². The molecule has 3 aromatic rings. The predicted octanol–water partition coefficient (Wildman–Crippen LogP) is 4.75. The summed E-state index contributed by atoms with van der Waals surface area (Å²) >= 11 is 0. The van der Waals surface area contributed by atoms with Crippen LogP contribution in [0.3, 0.4) is 0 Å². The van der Waals surface area contributed by atoms with E-state index in [-0.39, 0.29) is 18.3 Å². The Hall–Kier alpha value is -2.87. The molecule has 5 nitrogen and oxygen atoms in total. The van der Waals surface area contributed by atoms with Crippen LogP contribution in [0.5, 0.6) is 0 Å². The van der Waals surface area contributed by atoms with Gasteiger partial charge < -0.3 is 9.67 Å². The number of halogens is 3. The number of fused-ring (bicyclic) bond motifs is 1. The normalized spacial score (nSPS) is 20.0. The minimum atomic E-state index is -4.34. The molecule has 2 heterocycles. The molecule has 8 heteroatoms. The van der Waals surface area contributed by atoms with Gasteiger partial charge in [-0.15, -0.1) is 0 Å². The van der Waals surface area contributed by atoms with E-state index in [9.17, 15) is 23.1 Å². The summed E-state index contributed by atoms with van der Waals surface area (Å²) < 4.78 is 40.5. The first kappa shape index (κ1) is 22.3. The summed E-state index contributed by atoms with van der Waals surface area (Å²) in [4.78, 5) is 18.4. The third-order valence-corrected chi connectivity index (χ3v) is 6.42. The molecular formula is C24H26F3N3O2. The van der Waals surface area contributed by atoms with Gasteiger partial charge in [0.05, 0.1) is 16.6 Å². The fourth-order valence-corrected chi connectivity index (χ4v) is 4.69. The quantitative estimate of drug-likeness (QED) is 0.595. The molecule has 1 fully saturated rings. The number of aliphatic carboxylic acids is 1. The summed E-state index contributed by atoms with van der Waals surface area (Å²) in [7, 11) is 1.97. The number of likely N-dealkylation sites (tertiary alicyclic amines) is 1. The van der Waals surface area contributed by atoms with Gasteiger partial charge in [-0.1, -0.05) is 24.3 Å². The summed E-state index contributed by atoms with van der Waals surface area (Å²) in [6.07, 6.45) is -2.83. The molecule has 2 atom stereocenters. The van der Waals surface area contributed by atoms with Gasteiger partial charge >= 0.3 is 12.1 Å². The van der Waals surface area contributed by atoms with Crippen molar-refractivity contribution in [2.75, 3.05) is 13.1 Å². The third-order valence-electron chi connectivity index (χ3n) is 6.42. The van der Waals surface area contributed by atoms with Gasteiger partial charge in [-0.05, 0) is 54.6 Å². The maximum Gasteiger partial charge on any atom is 0.416 e. The van der Waals surface area contributed by atoms with E-state index in [0.717, 1.165) is 47.5 Å². The zero-order valence-electron chi connectivity index (χ0n) is 17.8. The summed E-state index contributed by atoms with van der Waals surface area (Å²) in [6, 6.07) is 13.2. The maximum atomic E-state index is 12.8. The second-order valence-electron chi connectivity index (χ2n) is 8.62. The number of aryl methyl sites for hydroxylation is 1. The lowest BCUT2D eigenvalue weighted by Crippen LogP contribution is -2.42. The number of nitrogens with zero attached hydrogens (tertiary/aromatic N) is 3. The molecule has 0 amide bonds. The fraction of sp³-hybridized carbons (Fsp3) is 0.417. The van der Waals surface area contributed by atoms with Crippen molar-refractivity contribution in [2.24, 2.45) is 18.9 Å². The molecule has 4 rings (SSSR count). The number of hydrogen-bond donors (Lipinski definition) is 1. The van der Waals surface area contributed by atoms with Gasteiger partial charge in [-0.2, -0.15) is 13.2 Å². The average molecular weight is 445 g/mol. The van der Waals surface area contributed by atoms with Crippen molar-refractivity contribution in [1.82, 2.24) is 14.5 Å². The molecule has 0 unspecified atom stereocenters. The number of carboxylic acids is 1. The lowest BCUT2D eigenvalue weighted by Gasteiger charge is -2.38. The summed E-state index contributed by atoms with van der Waals surface area (Å²) in [5.41, 5.74) is 2.12. The second-order valence-corrected chi connectivity index (χ2v) is 8.62. The van der Waals surface area contributed by atoms with Crippen LogP contribution in [0.2, 0.25) is 0 Å². The van der Waals surface area contributed by atoms with E-state index >= 15 is 0 Å². The molecular weight excluding hydrogens is 419 g/mol. The zero-order chi connectivity index (χ0) is 22.9. The highest BCUT2D eigenvalue weighted by Gasteiger charge is 2.33. The highest BCUT2D eigenvalue weighted by atomic mass is 19.4. The van der Waals surface area contributed by atoms with Crippen molar-refractivity contribution >= 4 is 17.0 Å². The van der Waals surface area contributed by atoms with Crippen LogP contribution in [0.4, 0.5) is 13.2 Å². The van der Waals surface area contributed by atoms with E-state index in [0.29, 0.717) is 19.5 Å². The molecule has 2 aromatic carbocycles. The molecule has 1 aliphatic heterocycles. The Morgan fingerprint density at radius 2 is 1.84 bits per heavy atom. The van der Waals surface area contributed by atoms with Gasteiger partial charge in [0, 0.05) is 33.0 Å². The van der Waals surface area contributed by atoms with E-state index in [1.807, 2.05) is 31.3 Å². The standard InChI is InChI=1S/C24H26F3N3O2/c1-29-21-5-3-2-4-20(21)28-22(29)12-18-15-30(11-10-17(18)13-23(31)32)14-16-6-8-19(9-7-16)24(25,26)27/h2-9,17-18H,10-15H2,1H3,(H,31,32)/t17-,18-/m0/s1. The van der Waals surface area contributed by atoms with Crippen molar-refractivity contribution in [1.29, 1.82) is 0 Å². The van der Waals surface area contributed by atoms with Crippen molar-refractivity contribution < 1.29 is 23.1 Å². The topological polar surface area (TPSA) is 58.4 Å². The summed E-state index contributed by atoms with van der Waals surface area (Å²) in [6.45, 7) is 1.94. The molecule has 0 saturated carbocycles. The molecule has 1 aliphatic rings. The highest BCUT2D eigenvalue weighted by Crippen LogP contribution is 2.32. The van der Waals surface area contributed by atoms with Gasteiger partial charge in [-0.3, -0.25) is 9.69 Å². The Morgan fingerprint density at radius 1 is 1.12 bits per heavy atom. The number of rotatable bonds is 6. The molecule has 170 valence electrons. The number of carboxylic acid groups (broad SMARTS) is 1. The second kappa shape index (κ2) is 8.94. The highest BCUT2D eigenvalue weighted by molar-refractivity contribution is 5.75. The number of para-hydroxylation sites is 2. The smallest absolute Gasteiger partial charge is 0.416 e. The number of carbonyl (C=O) groups is 1.